The molecule has 4 heteroatoms. The molecule has 0 saturated heterocycles. The monoisotopic (exact) mass is 396 g/mol. The van der Waals surface area contributed by atoms with Crippen LogP contribution in [0.5, 0.6) is 0 Å². The van der Waals surface area contributed by atoms with E-state index < -0.39 is 0 Å². The molecule has 30 heavy (non-hydrogen) atoms. The van der Waals surface area contributed by atoms with Crippen molar-refractivity contribution >= 4 is 5.78 Å². The fraction of sp³-hybridized carbons (Fsp3) is 0.192. The molecular weight excluding hydrogens is 372 g/mol. The number of aromatic nitrogens is 2. The second kappa shape index (κ2) is 7.71. The number of Topliss-reactive ketones (excluding diaryl/α,β-unsaturated/α-hetero) is 1. The predicted octanol–water partition coefficient (Wildman–Crippen LogP) is 6.57. The molecule has 0 spiro atoms. The molecule has 3 aromatic carbocycles. The third-order valence-electron chi connectivity index (χ3n) is 5.18. The van der Waals surface area contributed by atoms with Crippen molar-refractivity contribution < 1.29 is 9.21 Å². The number of hydrogen-bond acceptors (Lipinski definition) is 4. The Balaban J connectivity index is 1.54. The number of ketones is 1. The summed E-state index contributed by atoms with van der Waals surface area (Å²) in [5, 5.41) is 8.43. The molecule has 0 amide bonds. The number of carbonyl (C=O) groups excluding carboxylic acids is 1. The topological polar surface area (TPSA) is 56.0 Å². The fourth-order valence-corrected chi connectivity index (χ4v) is 3.27. The minimum Gasteiger partial charge on any atom is -0.416 e. The van der Waals surface area contributed by atoms with Gasteiger partial charge in [-0.05, 0) is 53.3 Å². The van der Waals surface area contributed by atoms with Crippen LogP contribution in [0.3, 0.4) is 0 Å². The van der Waals surface area contributed by atoms with Gasteiger partial charge in [-0.1, -0.05) is 69.3 Å². The highest BCUT2D eigenvalue weighted by Crippen LogP contribution is 2.29. The number of nitrogens with zero attached hydrogens (tertiary/aromatic N) is 2. The minimum absolute atomic E-state index is 0.0668. The maximum atomic E-state index is 11.4. The van der Waals surface area contributed by atoms with Crippen molar-refractivity contribution in [2.45, 2.75) is 33.1 Å². The van der Waals surface area contributed by atoms with Gasteiger partial charge in [0, 0.05) is 16.7 Å². The van der Waals surface area contributed by atoms with Gasteiger partial charge >= 0.3 is 0 Å². The van der Waals surface area contributed by atoms with E-state index in [1.807, 2.05) is 60.7 Å². The summed E-state index contributed by atoms with van der Waals surface area (Å²) in [6.45, 7) is 8.14. The molecule has 0 saturated carbocycles. The van der Waals surface area contributed by atoms with Crippen molar-refractivity contribution in [1.82, 2.24) is 10.2 Å². The van der Waals surface area contributed by atoms with E-state index in [-0.39, 0.29) is 11.2 Å². The molecule has 0 N–H and O–H groups in total. The smallest absolute Gasteiger partial charge is 0.248 e. The van der Waals surface area contributed by atoms with Crippen LogP contribution < -0.4 is 0 Å². The number of rotatable bonds is 4. The van der Waals surface area contributed by atoms with Gasteiger partial charge in [0.15, 0.2) is 5.78 Å². The van der Waals surface area contributed by atoms with Crippen LogP contribution in [0.2, 0.25) is 0 Å². The minimum atomic E-state index is 0.0668. The zero-order valence-corrected chi connectivity index (χ0v) is 17.6. The highest BCUT2D eigenvalue weighted by Gasteiger charge is 2.15. The van der Waals surface area contributed by atoms with Gasteiger partial charge in [0.05, 0.1) is 0 Å². The molecule has 0 unspecified atom stereocenters. The van der Waals surface area contributed by atoms with Crippen molar-refractivity contribution in [2.24, 2.45) is 0 Å². The Kier molecular flexibility index (Phi) is 5.08. The lowest BCUT2D eigenvalue weighted by atomic mass is 9.87. The molecule has 4 aromatic rings. The average molecular weight is 396 g/mol. The van der Waals surface area contributed by atoms with Crippen LogP contribution in [-0.2, 0) is 5.41 Å². The molecule has 0 fully saturated rings. The van der Waals surface area contributed by atoms with Crippen LogP contribution in [0.1, 0.15) is 43.6 Å². The van der Waals surface area contributed by atoms with E-state index in [9.17, 15) is 4.79 Å². The number of carbonyl (C=O) groups is 1. The first-order valence-electron chi connectivity index (χ1n) is 9.97. The lowest BCUT2D eigenvalue weighted by Crippen LogP contribution is -2.10. The first-order valence-corrected chi connectivity index (χ1v) is 9.97. The second-order valence-corrected chi connectivity index (χ2v) is 8.45. The van der Waals surface area contributed by atoms with E-state index >= 15 is 0 Å². The Morgan fingerprint density at radius 2 is 1.07 bits per heavy atom. The molecule has 0 radical (unpaired) electrons. The predicted molar refractivity (Wildman–Crippen MR) is 119 cm³/mol. The van der Waals surface area contributed by atoms with Gasteiger partial charge in [-0.3, -0.25) is 4.79 Å². The zero-order valence-electron chi connectivity index (χ0n) is 17.6. The molecule has 0 atom stereocenters. The van der Waals surface area contributed by atoms with Crippen molar-refractivity contribution in [3.05, 3.63) is 83.9 Å². The first kappa shape index (κ1) is 19.8. The molecule has 0 aliphatic rings. The normalized spacial score (nSPS) is 11.5. The summed E-state index contributed by atoms with van der Waals surface area (Å²) in [6.07, 6.45) is 0. The number of hydrogen-bond donors (Lipinski definition) is 0. The molecule has 1 aromatic heterocycles. The van der Waals surface area contributed by atoms with E-state index in [4.69, 9.17) is 4.42 Å². The standard InChI is InChI=1S/C26H24N2O2/c1-17(29)18-5-7-19(8-6-18)20-9-11-21(12-10-20)24-27-28-25(30-24)22-13-15-23(16-14-22)26(2,3)4/h5-16H,1-4H3. The molecule has 0 aliphatic heterocycles. The fourth-order valence-electron chi connectivity index (χ4n) is 3.27. The van der Waals surface area contributed by atoms with Crippen molar-refractivity contribution in [1.29, 1.82) is 0 Å². The molecule has 4 rings (SSSR count). The van der Waals surface area contributed by atoms with Gasteiger partial charge in [0.2, 0.25) is 11.8 Å². The van der Waals surface area contributed by atoms with Crippen LogP contribution in [-0.4, -0.2) is 16.0 Å². The van der Waals surface area contributed by atoms with E-state index in [2.05, 4.69) is 43.1 Å². The van der Waals surface area contributed by atoms with E-state index in [1.54, 1.807) is 6.92 Å². The van der Waals surface area contributed by atoms with Crippen LogP contribution in [0.25, 0.3) is 34.0 Å². The maximum absolute atomic E-state index is 11.4. The van der Waals surface area contributed by atoms with Gasteiger partial charge in [0.25, 0.3) is 0 Å². The Labute approximate surface area is 176 Å². The van der Waals surface area contributed by atoms with Crippen molar-refractivity contribution in [3.8, 4) is 34.0 Å². The summed E-state index contributed by atoms with van der Waals surface area (Å²) in [4.78, 5) is 11.4. The van der Waals surface area contributed by atoms with Crippen LogP contribution >= 0.6 is 0 Å². The van der Waals surface area contributed by atoms with E-state index in [0.29, 0.717) is 17.3 Å². The molecule has 4 nitrogen and oxygen atoms in total. The summed E-state index contributed by atoms with van der Waals surface area (Å²) in [7, 11) is 0. The van der Waals surface area contributed by atoms with E-state index in [1.165, 1.54) is 5.56 Å². The lowest BCUT2D eigenvalue weighted by Gasteiger charge is -2.18. The van der Waals surface area contributed by atoms with Gasteiger partial charge in [-0.15, -0.1) is 10.2 Å². The second-order valence-electron chi connectivity index (χ2n) is 8.45. The van der Waals surface area contributed by atoms with Crippen molar-refractivity contribution in [3.63, 3.8) is 0 Å². The summed E-state index contributed by atoms with van der Waals surface area (Å²) in [5.41, 5.74) is 5.96. The van der Waals surface area contributed by atoms with Crippen LogP contribution in [0.15, 0.2) is 77.2 Å². The van der Waals surface area contributed by atoms with Gasteiger partial charge < -0.3 is 4.42 Å². The Morgan fingerprint density at radius 1 is 0.667 bits per heavy atom. The quantitative estimate of drug-likeness (QED) is 0.366. The highest BCUT2D eigenvalue weighted by atomic mass is 16.4. The highest BCUT2D eigenvalue weighted by molar-refractivity contribution is 5.94. The lowest BCUT2D eigenvalue weighted by molar-refractivity contribution is 0.101. The van der Waals surface area contributed by atoms with Gasteiger partial charge in [-0.25, -0.2) is 0 Å². The Hall–Kier alpha value is -3.53. The first-order chi connectivity index (χ1) is 14.3. The van der Waals surface area contributed by atoms with Crippen LogP contribution in [0.4, 0.5) is 0 Å². The third-order valence-corrected chi connectivity index (χ3v) is 5.18. The van der Waals surface area contributed by atoms with Gasteiger partial charge in [0.1, 0.15) is 0 Å². The summed E-state index contributed by atoms with van der Waals surface area (Å²) >= 11 is 0. The molecule has 1 heterocycles. The Bertz CT molecular complexity index is 1160. The SMILES string of the molecule is CC(=O)c1ccc(-c2ccc(-c3nnc(-c4ccc(C(C)(C)C)cc4)o3)cc2)cc1. The molecular formula is C26H24N2O2. The third kappa shape index (κ3) is 4.08. The van der Waals surface area contributed by atoms with Crippen LogP contribution in [0, 0.1) is 0 Å². The molecule has 0 aliphatic carbocycles. The number of benzene rings is 3. The summed E-state index contributed by atoms with van der Waals surface area (Å²) in [5.74, 6) is 1.06. The Morgan fingerprint density at radius 3 is 1.50 bits per heavy atom. The van der Waals surface area contributed by atoms with E-state index in [0.717, 1.165) is 22.3 Å². The maximum Gasteiger partial charge on any atom is 0.248 e. The average Bonchev–Trinajstić information content (AvgIpc) is 3.24. The van der Waals surface area contributed by atoms with Crippen molar-refractivity contribution in [2.75, 3.05) is 0 Å². The zero-order chi connectivity index (χ0) is 21.3. The summed E-state index contributed by atoms with van der Waals surface area (Å²) in [6, 6.07) is 23.8. The van der Waals surface area contributed by atoms with Gasteiger partial charge in [-0.2, -0.15) is 0 Å². The molecule has 0 bridgehead atoms. The summed E-state index contributed by atoms with van der Waals surface area (Å²) < 4.78 is 5.91. The largest absolute Gasteiger partial charge is 0.416 e. The molecule has 150 valence electrons.